The van der Waals surface area contributed by atoms with E-state index in [1.165, 1.54) is 32.4 Å². The van der Waals surface area contributed by atoms with Gasteiger partial charge in [-0.2, -0.15) is 0 Å². The van der Waals surface area contributed by atoms with E-state index in [2.05, 4.69) is 10.3 Å². The zero-order valence-corrected chi connectivity index (χ0v) is 16.6. The van der Waals surface area contributed by atoms with Gasteiger partial charge in [0.2, 0.25) is 0 Å². The van der Waals surface area contributed by atoms with Crippen LogP contribution in [-0.2, 0) is 15.9 Å². The van der Waals surface area contributed by atoms with E-state index in [1.54, 1.807) is 18.3 Å². The number of ether oxygens (including phenoxy) is 2. The number of rotatable bonds is 5. The molecule has 2 heterocycles. The van der Waals surface area contributed by atoms with Crippen molar-refractivity contribution in [3.8, 4) is 0 Å². The number of nitrogens with one attached hydrogen (secondary N) is 1. The third kappa shape index (κ3) is 3.96. The molecular weight excluding hydrogens is 374 g/mol. The summed E-state index contributed by atoms with van der Waals surface area (Å²) in [5.74, 6) is -1.65. The highest BCUT2D eigenvalue weighted by atomic mass is 16.5. The van der Waals surface area contributed by atoms with Crippen molar-refractivity contribution >= 4 is 29.2 Å². The smallest absolute Gasteiger partial charge is 0.337 e. The average Bonchev–Trinajstić information content (AvgIpc) is 3.07. The Morgan fingerprint density at radius 3 is 2.17 bits per heavy atom. The molecule has 8 nitrogen and oxygen atoms in total. The normalized spacial score (nSPS) is 10.6. The van der Waals surface area contributed by atoms with Crippen molar-refractivity contribution in [1.82, 2.24) is 9.38 Å². The maximum absolute atomic E-state index is 12.8. The van der Waals surface area contributed by atoms with Crippen LogP contribution in [0.2, 0.25) is 0 Å². The summed E-state index contributed by atoms with van der Waals surface area (Å²) in [6.07, 6.45) is 2.50. The van der Waals surface area contributed by atoms with Gasteiger partial charge in [0.25, 0.3) is 5.91 Å². The van der Waals surface area contributed by atoms with Gasteiger partial charge in [-0.15, -0.1) is 0 Å². The van der Waals surface area contributed by atoms with Gasteiger partial charge in [-0.1, -0.05) is 6.92 Å². The highest BCUT2D eigenvalue weighted by Crippen LogP contribution is 2.19. The van der Waals surface area contributed by atoms with E-state index in [9.17, 15) is 14.4 Å². The first-order valence-electron chi connectivity index (χ1n) is 8.98. The molecule has 1 aromatic carbocycles. The number of hydrogen-bond acceptors (Lipinski definition) is 6. The minimum absolute atomic E-state index is 0.124. The van der Waals surface area contributed by atoms with E-state index in [0.29, 0.717) is 5.56 Å². The predicted molar refractivity (Wildman–Crippen MR) is 106 cm³/mol. The molecular formula is C21H21N3O5. The second kappa shape index (κ2) is 8.14. The summed E-state index contributed by atoms with van der Waals surface area (Å²) in [5, 5.41) is 2.71. The SMILES string of the molecule is CCc1nc2ccc(C(=O)Nc3cc(C(=O)OC)cc(C(=O)OC)c3)cn2c1C. The van der Waals surface area contributed by atoms with Crippen LogP contribution in [0.1, 0.15) is 49.4 Å². The van der Waals surface area contributed by atoms with Gasteiger partial charge < -0.3 is 19.2 Å². The number of aromatic nitrogens is 2. The minimum Gasteiger partial charge on any atom is -0.465 e. The molecule has 8 heteroatoms. The topological polar surface area (TPSA) is 99.0 Å². The monoisotopic (exact) mass is 395 g/mol. The summed E-state index contributed by atoms with van der Waals surface area (Å²) in [4.78, 5) is 41.1. The summed E-state index contributed by atoms with van der Waals surface area (Å²) in [6, 6.07) is 7.66. The van der Waals surface area contributed by atoms with Crippen molar-refractivity contribution in [3.63, 3.8) is 0 Å². The molecule has 0 saturated carbocycles. The van der Waals surface area contributed by atoms with Crippen molar-refractivity contribution in [3.05, 3.63) is 64.6 Å². The number of anilines is 1. The number of fused-ring (bicyclic) bond motifs is 1. The standard InChI is InChI=1S/C21H21N3O5/c1-5-17-12(2)24-11-13(6-7-18(24)23-17)19(25)22-16-9-14(20(26)28-3)8-15(10-16)21(27)29-4/h6-11H,5H2,1-4H3,(H,22,25). The Labute approximate surface area is 167 Å². The largest absolute Gasteiger partial charge is 0.465 e. The number of hydrogen-bond donors (Lipinski definition) is 1. The molecule has 0 aliphatic heterocycles. The number of amides is 1. The summed E-state index contributed by atoms with van der Waals surface area (Å²) in [6.45, 7) is 3.97. The molecule has 0 aliphatic carbocycles. The number of carbonyl (C=O) groups is 3. The molecule has 150 valence electrons. The first-order valence-corrected chi connectivity index (χ1v) is 8.98. The Hall–Kier alpha value is -3.68. The maximum Gasteiger partial charge on any atom is 0.337 e. The van der Waals surface area contributed by atoms with Crippen LogP contribution < -0.4 is 5.32 Å². The molecule has 1 N–H and O–H groups in total. The number of pyridine rings is 1. The molecule has 0 radical (unpaired) electrons. The third-order valence-corrected chi connectivity index (χ3v) is 4.59. The van der Waals surface area contributed by atoms with Crippen LogP contribution in [0.15, 0.2) is 36.5 Å². The fourth-order valence-corrected chi connectivity index (χ4v) is 3.05. The van der Waals surface area contributed by atoms with Gasteiger partial charge in [-0.25, -0.2) is 14.6 Å². The van der Waals surface area contributed by atoms with Crippen molar-refractivity contribution in [2.45, 2.75) is 20.3 Å². The number of imidazole rings is 1. The molecule has 0 saturated heterocycles. The maximum atomic E-state index is 12.8. The van der Waals surface area contributed by atoms with E-state index in [4.69, 9.17) is 9.47 Å². The van der Waals surface area contributed by atoms with E-state index < -0.39 is 17.8 Å². The lowest BCUT2D eigenvalue weighted by Gasteiger charge is -2.10. The summed E-state index contributed by atoms with van der Waals surface area (Å²) < 4.78 is 11.3. The van der Waals surface area contributed by atoms with Crippen LogP contribution in [-0.4, -0.2) is 41.5 Å². The van der Waals surface area contributed by atoms with Crippen LogP contribution >= 0.6 is 0 Å². The fourth-order valence-electron chi connectivity index (χ4n) is 3.05. The van der Waals surface area contributed by atoms with Gasteiger partial charge >= 0.3 is 11.9 Å². The molecule has 0 aliphatic rings. The van der Waals surface area contributed by atoms with Gasteiger partial charge in [0, 0.05) is 17.6 Å². The number of esters is 2. The Morgan fingerprint density at radius 1 is 1.00 bits per heavy atom. The zero-order chi connectivity index (χ0) is 21.1. The summed E-state index contributed by atoms with van der Waals surface area (Å²) in [5.41, 5.74) is 3.63. The lowest BCUT2D eigenvalue weighted by Crippen LogP contribution is -2.15. The van der Waals surface area contributed by atoms with E-state index in [0.717, 1.165) is 23.5 Å². The zero-order valence-electron chi connectivity index (χ0n) is 16.6. The first kappa shape index (κ1) is 20.1. The second-order valence-electron chi connectivity index (χ2n) is 6.38. The molecule has 0 atom stereocenters. The Bertz CT molecular complexity index is 1080. The Morgan fingerprint density at radius 2 is 1.62 bits per heavy atom. The van der Waals surface area contributed by atoms with Crippen LogP contribution in [0.3, 0.4) is 0 Å². The van der Waals surface area contributed by atoms with E-state index >= 15 is 0 Å². The third-order valence-electron chi connectivity index (χ3n) is 4.59. The molecule has 0 spiro atoms. The van der Waals surface area contributed by atoms with Gasteiger partial charge in [0.1, 0.15) is 5.65 Å². The Kier molecular flexibility index (Phi) is 5.63. The number of methoxy groups -OCH3 is 2. The average molecular weight is 395 g/mol. The fraction of sp³-hybridized carbons (Fsp3) is 0.238. The number of nitrogens with zero attached hydrogens (tertiary/aromatic N) is 2. The van der Waals surface area contributed by atoms with Crippen molar-refractivity contribution < 1.29 is 23.9 Å². The van der Waals surface area contributed by atoms with Crippen molar-refractivity contribution in [2.75, 3.05) is 19.5 Å². The number of aryl methyl sites for hydroxylation is 2. The lowest BCUT2D eigenvalue weighted by molar-refractivity contribution is 0.0599. The van der Waals surface area contributed by atoms with E-state index in [-0.39, 0.29) is 16.8 Å². The molecule has 2 aromatic heterocycles. The summed E-state index contributed by atoms with van der Waals surface area (Å²) >= 11 is 0. The number of benzene rings is 1. The van der Waals surface area contributed by atoms with Crippen LogP contribution in [0, 0.1) is 6.92 Å². The Balaban J connectivity index is 1.95. The molecule has 0 bridgehead atoms. The molecule has 1 amide bonds. The molecule has 0 unspecified atom stereocenters. The highest BCUT2D eigenvalue weighted by Gasteiger charge is 2.16. The molecule has 0 fully saturated rings. The highest BCUT2D eigenvalue weighted by molar-refractivity contribution is 6.06. The molecule has 3 aromatic rings. The van der Waals surface area contributed by atoms with Crippen LogP contribution in [0.5, 0.6) is 0 Å². The lowest BCUT2D eigenvalue weighted by atomic mass is 10.1. The number of carbonyl (C=O) groups excluding carboxylic acids is 3. The van der Waals surface area contributed by atoms with Gasteiger partial charge in [-0.05, 0) is 43.7 Å². The quantitative estimate of drug-likeness (QED) is 0.667. The van der Waals surface area contributed by atoms with Gasteiger partial charge in [0.05, 0.1) is 36.6 Å². The predicted octanol–water partition coefficient (Wildman–Crippen LogP) is 3.03. The van der Waals surface area contributed by atoms with Crippen LogP contribution in [0.4, 0.5) is 5.69 Å². The van der Waals surface area contributed by atoms with Crippen LogP contribution in [0.25, 0.3) is 5.65 Å². The van der Waals surface area contributed by atoms with Gasteiger partial charge in [-0.3, -0.25) is 4.79 Å². The second-order valence-corrected chi connectivity index (χ2v) is 6.38. The van der Waals surface area contributed by atoms with Gasteiger partial charge in [0.15, 0.2) is 0 Å². The van der Waals surface area contributed by atoms with Crippen molar-refractivity contribution in [1.29, 1.82) is 0 Å². The molecule has 3 rings (SSSR count). The molecule has 29 heavy (non-hydrogen) atoms. The summed E-state index contributed by atoms with van der Waals surface area (Å²) in [7, 11) is 2.47. The van der Waals surface area contributed by atoms with E-state index in [1.807, 2.05) is 18.2 Å². The van der Waals surface area contributed by atoms with Crippen molar-refractivity contribution in [2.24, 2.45) is 0 Å². The minimum atomic E-state index is -0.631. The first-order chi connectivity index (χ1) is 13.9.